The number of nitrogens with zero attached hydrogens (tertiary/aromatic N) is 1. The van der Waals surface area contributed by atoms with Crippen LogP contribution in [-0.4, -0.2) is 10.2 Å². The number of nitrogens with one attached hydrogen (secondary N) is 2. The Hall–Kier alpha value is -2.14. The van der Waals surface area contributed by atoms with Gasteiger partial charge in [0.1, 0.15) is 0 Å². The van der Waals surface area contributed by atoms with Crippen LogP contribution in [0.2, 0.25) is 0 Å². The standard InChI is InChI=1S/C10H10N4O/c11-12-8-3-1-7(2-4-8)9-5-6-10(15)14-13-9/h1-6,12H,11H2,(H,14,15). The van der Waals surface area contributed by atoms with Crippen molar-refractivity contribution in [1.29, 1.82) is 0 Å². The summed E-state index contributed by atoms with van der Waals surface area (Å²) >= 11 is 0. The fourth-order valence-corrected chi connectivity index (χ4v) is 1.24. The van der Waals surface area contributed by atoms with Gasteiger partial charge in [0.2, 0.25) is 0 Å². The lowest BCUT2D eigenvalue weighted by Gasteiger charge is -2.02. The summed E-state index contributed by atoms with van der Waals surface area (Å²) in [5.74, 6) is 5.25. The summed E-state index contributed by atoms with van der Waals surface area (Å²) in [5, 5.41) is 6.30. The number of aromatic amines is 1. The molecular weight excluding hydrogens is 192 g/mol. The second-order valence-electron chi connectivity index (χ2n) is 3.03. The van der Waals surface area contributed by atoms with Crippen LogP contribution < -0.4 is 16.8 Å². The zero-order valence-corrected chi connectivity index (χ0v) is 7.90. The van der Waals surface area contributed by atoms with E-state index in [0.717, 1.165) is 16.9 Å². The van der Waals surface area contributed by atoms with E-state index in [0.29, 0.717) is 0 Å². The summed E-state index contributed by atoms with van der Waals surface area (Å²) in [7, 11) is 0. The van der Waals surface area contributed by atoms with Gasteiger partial charge < -0.3 is 5.43 Å². The summed E-state index contributed by atoms with van der Waals surface area (Å²) in [4.78, 5) is 10.8. The Balaban J connectivity index is 2.37. The maximum atomic E-state index is 10.8. The van der Waals surface area contributed by atoms with E-state index in [1.165, 1.54) is 6.07 Å². The van der Waals surface area contributed by atoms with Crippen LogP contribution in [0.1, 0.15) is 0 Å². The Kier molecular flexibility index (Phi) is 2.47. The van der Waals surface area contributed by atoms with E-state index in [-0.39, 0.29) is 5.56 Å². The van der Waals surface area contributed by atoms with Crippen molar-refractivity contribution in [3.05, 3.63) is 46.8 Å². The van der Waals surface area contributed by atoms with E-state index in [4.69, 9.17) is 5.84 Å². The Bertz CT molecular complexity index is 483. The second-order valence-corrected chi connectivity index (χ2v) is 3.03. The van der Waals surface area contributed by atoms with Crippen molar-refractivity contribution in [2.75, 3.05) is 5.43 Å². The van der Waals surface area contributed by atoms with E-state index in [1.807, 2.05) is 24.3 Å². The lowest BCUT2D eigenvalue weighted by Crippen LogP contribution is -2.07. The minimum Gasteiger partial charge on any atom is -0.324 e. The van der Waals surface area contributed by atoms with Gasteiger partial charge in [0, 0.05) is 17.3 Å². The van der Waals surface area contributed by atoms with Crippen LogP contribution in [0.4, 0.5) is 5.69 Å². The minimum atomic E-state index is -0.209. The number of nitrogens with two attached hydrogens (primary N) is 1. The van der Waals surface area contributed by atoms with Crippen molar-refractivity contribution in [3.63, 3.8) is 0 Å². The number of aromatic nitrogens is 2. The van der Waals surface area contributed by atoms with Crippen molar-refractivity contribution in [1.82, 2.24) is 10.2 Å². The maximum absolute atomic E-state index is 10.8. The van der Waals surface area contributed by atoms with Crippen molar-refractivity contribution in [2.24, 2.45) is 5.84 Å². The van der Waals surface area contributed by atoms with Crippen molar-refractivity contribution in [2.45, 2.75) is 0 Å². The third-order valence-electron chi connectivity index (χ3n) is 2.03. The highest BCUT2D eigenvalue weighted by Gasteiger charge is 1.98. The van der Waals surface area contributed by atoms with Crippen LogP contribution in [0.25, 0.3) is 11.3 Å². The molecule has 0 atom stereocenters. The van der Waals surface area contributed by atoms with Gasteiger partial charge >= 0.3 is 0 Å². The van der Waals surface area contributed by atoms with E-state index >= 15 is 0 Å². The Morgan fingerprint density at radius 1 is 1.13 bits per heavy atom. The average molecular weight is 202 g/mol. The Morgan fingerprint density at radius 2 is 1.87 bits per heavy atom. The molecule has 15 heavy (non-hydrogen) atoms. The average Bonchev–Trinajstić information content (AvgIpc) is 2.30. The van der Waals surface area contributed by atoms with Crippen LogP contribution in [0.15, 0.2) is 41.2 Å². The van der Waals surface area contributed by atoms with Crippen molar-refractivity contribution >= 4 is 5.69 Å². The zero-order valence-electron chi connectivity index (χ0n) is 7.90. The molecule has 2 rings (SSSR count). The minimum absolute atomic E-state index is 0.209. The highest BCUT2D eigenvalue weighted by atomic mass is 16.1. The molecule has 0 radical (unpaired) electrons. The SMILES string of the molecule is NNc1ccc(-c2ccc(=O)[nH]n2)cc1. The Labute approximate surface area is 85.9 Å². The highest BCUT2D eigenvalue weighted by Crippen LogP contribution is 2.17. The first kappa shape index (κ1) is 9.42. The number of anilines is 1. The van der Waals surface area contributed by atoms with Crippen LogP contribution in [0.5, 0.6) is 0 Å². The number of hydrazine groups is 1. The van der Waals surface area contributed by atoms with Gasteiger partial charge in [0.25, 0.3) is 5.56 Å². The first-order valence-corrected chi connectivity index (χ1v) is 4.42. The number of hydrogen-bond donors (Lipinski definition) is 3. The third-order valence-corrected chi connectivity index (χ3v) is 2.03. The normalized spacial score (nSPS) is 9.93. The van der Waals surface area contributed by atoms with Crippen LogP contribution in [-0.2, 0) is 0 Å². The molecule has 1 aromatic carbocycles. The summed E-state index contributed by atoms with van der Waals surface area (Å²) in [6, 6.07) is 10.5. The molecule has 2 aromatic rings. The maximum Gasteiger partial charge on any atom is 0.264 e. The lowest BCUT2D eigenvalue weighted by molar-refractivity contribution is 0.995. The topological polar surface area (TPSA) is 83.8 Å². The molecular formula is C10H10N4O. The molecule has 0 fully saturated rings. The van der Waals surface area contributed by atoms with Crippen LogP contribution in [0, 0.1) is 0 Å². The van der Waals surface area contributed by atoms with Gasteiger partial charge in [-0.25, -0.2) is 5.10 Å². The van der Waals surface area contributed by atoms with Gasteiger partial charge in [-0.05, 0) is 18.2 Å². The van der Waals surface area contributed by atoms with Gasteiger partial charge in [0.15, 0.2) is 0 Å². The molecule has 0 bridgehead atoms. The quantitative estimate of drug-likeness (QED) is 0.495. The first-order chi connectivity index (χ1) is 7.29. The van der Waals surface area contributed by atoms with Gasteiger partial charge in [0.05, 0.1) is 5.69 Å². The van der Waals surface area contributed by atoms with Gasteiger partial charge in [-0.2, -0.15) is 5.10 Å². The molecule has 5 nitrogen and oxygen atoms in total. The molecule has 4 N–H and O–H groups in total. The molecule has 1 heterocycles. The van der Waals surface area contributed by atoms with E-state index in [1.54, 1.807) is 6.07 Å². The number of benzene rings is 1. The predicted octanol–water partition coefficient (Wildman–Crippen LogP) is 0.723. The molecule has 5 heteroatoms. The molecule has 0 amide bonds. The van der Waals surface area contributed by atoms with Crippen molar-refractivity contribution in [3.8, 4) is 11.3 Å². The zero-order chi connectivity index (χ0) is 10.7. The second kappa shape index (κ2) is 3.93. The summed E-state index contributed by atoms with van der Waals surface area (Å²) in [5.41, 5.74) is 4.79. The molecule has 0 aliphatic carbocycles. The molecule has 0 unspecified atom stereocenters. The van der Waals surface area contributed by atoms with Gasteiger partial charge in [-0.1, -0.05) is 12.1 Å². The Morgan fingerprint density at radius 3 is 2.40 bits per heavy atom. The van der Waals surface area contributed by atoms with Crippen LogP contribution >= 0.6 is 0 Å². The molecule has 0 saturated carbocycles. The molecule has 0 spiro atoms. The van der Waals surface area contributed by atoms with Crippen molar-refractivity contribution < 1.29 is 0 Å². The third kappa shape index (κ3) is 2.03. The fraction of sp³-hybridized carbons (Fsp3) is 0. The monoisotopic (exact) mass is 202 g/mol. The summed E-state index contributed by atoms with van der Waals surface area (Å²) < 4.78 is 0. The van der Waals surface area contributed by atoms with Crippen LogP contribution in [0.3, 0.4) is 0 Å². The lowest BCUT2D eigenvalue weighted by atomic mass is 10.1. The highest BCUT2D eigenvalue weighted by molar-refractivity contribution is 5.61. The molecule has 76 valence electrons. The van der Waals surface area contributed by atoms with Gasteiger partial charge in [-0.15, -0.1) is 0 Å². The summed E-state index contributed by atoms with van der Waals surface area (Å²) in [6.45, 7) is 0. The molecule has 0 aliphatic rings. The molecule has 1 aromatic heterocycles. The smallest absolute Gasteiger partial charge is 0.264 e. The first-order valence-electron chi connectivity index (χ1n) is 4.42. The van der Waals surface area contributed by atoms with E-state index < -0.39 is 0 Å². The predicted molar refractivity (Wildman–Crippen MR) is 58.1 cm³/mol. The number of nitrogen functional groups attached to an aromatic ring is 1. The number of rotatable bonds is 2. The molecule has 0 saturated heterocycles. The van der Waals surface area contributed by atoms with Gasteiger partial charge in [-0.3, -0.25) is 10.6 Å². The largest absolute Gasteiger partial charge is 0.324 e. The summed E-state index contributed by atoms with van der Waals surface area (Å²) in [6.07, 6.45) is 0. The van der Waals surface area contributed by atoms with E-state index in [9.17, 15) is 4.79 Å². The molecule has 0 aliphatic heterocycles. The number of hydrogen-bond acceptors (Lipinski definition) is 4. The number of H-pyrrole nitrogens is 1. The fourth-order valence-electron chi connectivity index (χ4n) is 1.24. The van der Waals surface area contributed by atoms with E-state index in [2.05, 4.69) is 15.6 Å².